The molecule has 2 heterocycles. The van der Waals surface area contributed by atoms with Gasteiger partial charge in [0.15, 0.2) is 0 Å². The first-order chi connectivity index (χ1) is 8.70. The molecular formula is C13H20N2OS2. The van der Waals surface area contributed by atoms with E-state index >= 15 is 0 Å². The van der Waals surface area contributed by atoms with E-state index in [1.165, 1.54) is 12.8 Å². The Morgan fingerprint density at radius 2 is 2.00 bits per heavy atom. The molecule has 1 aliphatic rings. The van der Waals surface area contributed by atoms with Gasteiger partial charge < -0.3 is 4.90 Å². The quantitative estimate of drug-likeness (QED) is 0.800. The highest BCUT2D eigenvalue weighted by atomic mass is 32.2. The molecule has 0 saturated carbocycles. The zero-order chi connectivity index (χ0) is 13.0. The van der Waals surface area contributed by atoms with Crippen LogP contribution >= 0.6 is 23.1 Å². The summed E-state index contributed by atoms with van der Waals surface area (Å²) in [6.07, 6.45) is 7.40. The molecule has 0 aromatic carbocycles. The molecule has 1 aliphatic heterocycles. The fourth-order valence-electron chi connectivity index (χ4n) is 2.22. The number of rotatable bonds is 3. The zero-order valence-electron chi connectivity index (χ0n) is 11.1. The number of thioether (sulfide) groups is 1. The number of amides is 1. The lowest BCUT2D eigenvalue weighted by molar-refractivity contribution is -0.130. The maximum atomic E-state index is 12.3. The Kier molecular flexibility index (Phi) is 5.06. The number of carbonyl (C=O) groups is 1. The van der Waals surface area contributed by atoms with Gasteiger partial charge in [-0.2, -0.15) is 0 Å². The number of thiazole rings is 1. The Labute approximate surface area is 117 Å². The molecule has 2 rings (SSSR count). The van der Waals surface area contributed by atoms with Gasteiger partial charge in [-0.05, 0) is 26.0 Å². The van der Waals surface area contributed by atoms with Crippen molar-refractivity contribution in [2.45, 2.75) is 43.4 Å². The van der Waals surface area contributed by atoms with Gasteiger partial charge in [0.05, 0.1) is 12.1 Å². The molecule has 3 nitrogen and oxygen atoms in total. The van der Waals surface area contributed by atoms with Crippen molar-refractivity contribution in [1.29, 1.82) is 0 Å². The molecule has 100 valence electrons. The van der Waals surface area contributed by atoms with Crippen molar-refractivity contribution in [2.24, 2.45) is 0 Å². The molecule has 18 heavy (non-hydrogen) atoms. The van der Waals surface area contributed by atoms with Gasteiger partial charge in [0.25, 0.3) is 0 Å². The topological polar surface area (TPSA) is 33.2 Å². The van der Waals surface area contributed by atoms with Crippen molar-refractivity contribution < 1.29 is 4.79 Å². The second-order valence-electron chi connectivity index (χ2n) is 4.66. The summed E-state index contributed by atoms with van der Waals surface area (Å²) in [7, 11) is 0. The van der Waals surface area contributed by atoms with Crippen LogP contribution in [0.2, 0.25) is 0 Å². The molecular weight excluding hydrogens is 264 g/mol. The molecule has 1 amide bonds. The maximum absolute atomic E-state index is 12.3. The predicted octanol–water partition coefficient (Wildman–Crippen LogP) is 3.12. The molecule has 0 atom stereocenters. The molecule has 1 aromatic rings. The number of likely N-dealkylation sites (tertiary alicyclic amines) is 1. The van der Waals surface area contributed by atoms with Crippen molar-refractivity contribution in [2.75, 3.05) is 19.3 Å². The van der Waals surface area contributed by atoms with Gasteiger partial charge in [-0.3, -0.25) is 4.79 Å². The second-order valence-corrected chi connectivity index (χ2v) is 6.80. The fourth-order valence-corrected chi connectivity index (χ4v) is 3.87. The van der Waals surface area contributed by atoms with E-state index < -0.39 is 0 Å². The average Bonchev–Trinajstić information content (AvgIpc) is 2.59. The summed E-state index contributed by atoms with van der Waals surface area (Å²) in [5, 5.41) is 0. The standard InChI is InChI=1S/C13H20N2OS2/c1-10-11(18-13(14-10)17-2)9-12(16)15-7-5-3-4-6-8-15/h3-9H2,1-2H3. The van der Waals surface area contributed by atoms with Gasteiger partial charge in [0.1, 0.15) is 4.34 Å². The van der Waals surface area contributed by atoms with Crippen LogP contribution in [0.25, 0.3) is 0 Å². The monoisotopic (exact) mass is 284 g/mol. The molecule has 1 aromatic heterocycles. The van der Waals surface area contributed by atoms with E-state index in [-0.39, 0.29) is 5.91 Å². The van der Waals surface area contributed by atoms with Crippen LogP contribution in [0.5, 0.6) is 0 Å². The Hall–Kier alpha value is -0.550. The SMILES string of the molecule is CSc1nc(C)c(CC(=O)N2CCCCCC2)s1. The Morgan fingerprint density at radius 3 is 2.56 bits per heavy atom. The third kappa shape index (κ3) is 3.48. The van der Waals surface area contributed by atoms with Crippen LogP contribution < -0.4 is 0 Å². The zero-order valence-corrected chi connectivity index (χ0v) is 12.7. The van der Waals surface area contributed by atoms with Crippen molar-refractivity contribution in [1.82, 2.24) is 9.88 Å². The summed E-state index contributed by atoms with van der Waals surface area (Å²) < 4.78 is 1.06. The summed E-state index contributed by atoms with van der Waals surface area (Å²) in [6.45, 7) is 3.87. The molecule has 0 radical (unpaired) electrons. The third-order valence-electron chi connectivity index (χ3n) is 3.32. The smallest absolute Gasteiger partial charge is 0.227 e. The van der Waals surface area contributed by atoms with Gasteiger partial charge in [-0.15, -0.1) is 11.3 Å². The molecule has 1 fully saturated rings. The van der Waals surface area contributed by atoms with E-state index in [2.05, 4.69) is 4.98 Å². The van der Waals surface area contributed by atoms with Gasteiger partial charge in [0, 0.05) is 18.0 Å². The number of aryl methyl sites for hydroxylation is 1. The molecule has 0 bridgehead atoms. The minimum absolute atomic E-state index is 0.274. The maximum Gasteiger partial charge on any atom is 0.227 e. The first-order valence-corrected chi connectivity index (χ1v) is 8.53. The van der Waals surface area contributed by atoms with Crippen LogP contribution in [0.15, 0.2) is 4.34 Å². The van der Waals surface area contributed by atoms with Crippen LogP contribution in [0.3, 0.4) is 0 Å². The number of aromatic nitrogens is 1. The first kappa shape index (κ1) is 13.9. The highest BCUT2D eigenvalue weighted by Crippen LogP contribution is 2.26. The van der Waals surface area contributed by atoms with Gasteiger partial charge in [-0.25, -0.2) is 4.98 Å². The van der Waals surface area contributed by atoms with Crippen molar-refractivity contribution in [3.05, 3.63) is 10.6 Å². The van der Waals surface area contributed by atoms with E-state index in [4.69, 9.17) is 0 Å². The molecule has 5 heteroatoms. The van der Waals surface area contributed by atoms with E-state index in [1.54, 1.807) is 23.1 Å². The molecule has 0 N–H and O–H groups in total. The summed E-state index contributed by atoms with van der Waals surface area (Å²) >= 11 is 3.31. The van der Waals surface area contributed by atoms with Crippen LogP contribution in [0.4, 0.5) is 0 Å². The van der Waals surface area contributed by atoms with Crippen molar-refractivity contribution in [3.63, 3.8) is 0 Å². The third-order valence-corrected chi connectivity index (χ3v) is 5.46. The number of hydrogen-bond acceptors (Lipinski definition) is 4. The van der Waals surface area contributed by atoms with Crippen LogP contribution in [0, 0.1) is 6.92 Å². The molecule has 0 aliphatic carbocycles. The Morgan fingerprint density at radius 1 is 1.33 bits per heavy atom. The fraction of sp³-hybridized carbons (Fsp3) is 0.692. The van der Waals surface area contributed by atoms with E-state index in [1.807, 2.05) is 18.1 Å². The number of nitrogens with zero attached hydrogens (tertiary/aromatic N) is 2. The number of carbonyl (C=O) groups excluding carboxylic acids is 1. The van der Waals surface area contributed by atoms with Gasteiger partial charge in [-0.1, -0.05) is 24.6 Å². The van der Waals surface area contributed by atoms with Crippen molar-refractivity contribution >= 4 is 29.0 Å². The normalized spacial score (nSPS) is 16.7. The lowest BCUT2D eigenvalue weighted by atomic mass is 10.2. The molecule has 1 saturated heterocycles. The van der Waals surface area contributed by atoms with Gasteiger partial charge in [0.2, 0.25) is 5.91 Å². The predicted molar refractivity (Wildman–Crippen MR) is 77.4 cm³/mol. The minimum atomic E-state index is 0.274. The minimum Gasteiger partial charge on any atom is -0.342 e. The number of hydrogen-bond donors (Lipinski definition) is 0. The van der Waals surface area contributed by atoms with Crippen LogP contribution in [-0.2, 0) is 11.2 Å². The highest BCUT2D eigenvalue weighted by Gasteiger charge is 2.18. The molecule has 0 spiro atoms. The largest absolute Gasteiger partial charge is 0.342 e. The highest BCUT2D eigenvalue weighted by molar-refractivity contribution is 8.00. The van der Waals surface area contributed by atoms with Crippen molar-refractivity contribution in [3.8, 4) is 0 Å². The summed E-state index contributed by atoms with van der Waals surface area (Å²) in [5.74, 6) is 0.274. The van der Waals surface area contributed by atoms with E-state index in [0.717, 1.165) is 40.8 Å². The summed E-state index contributed by atoms with van der Waals surface area (Å²) in [5.41, 5.74) is 1.02. The lowest BCUT2D eigenvalue weighted by Gasteiger charge is -2.19. The Bertz CT molecular complexity index is 409. The second kappa shape index (κ2) is 6.57. The molecule has 0 unspecified atom stereocenters. The van der Waals surface area contributed by atoms with Crippen LogP contribution in [0.1, 0.15) is 36.3 Å². The average molecular weight is 284 g/mol. The van der Waals surface area contributed by atoms with Crippen LogP contribution in [-0.4, -0.2) is 35.1 Å². The van der Waals surface area contributed by atoms with E-state index in [0.29, 0.717) is 6.42 Å². The summed E-state index contributed by atoms with van der Waals surface area (Å²) in [6, 6.07) is 0. The Balaban J connectivity index is 1.98. The van der Waals surface area contributed by atoms with E-state index in [9.17, 15) is 4.79 Å². The van der Waals surface area contributed by atoms with Gasteiger partial charge >= 0.3 is 0 Å². The lowest BCUT2D eigenvalue weighted by Crippen LogP contribution is -2.33. The first-order valence-electron chi connectivity index (χ1n) is 6.49. The summed E-state index contributed by atoms with van der Waals surface area (Å²) in [4.78, 5) is 19.9.